The summed E-state index contributed by atoms with van der Waals surface area (Å²) in [5, 5.41) is 14.0. The van der Waals surface area contributed by atoms with E-state index < -0.39 is 17.1 Å². The van der Waals surface area contributed by atoms with Crippen molar-refractivity contribution >= 4 is 16.8 Å². The predicted molar refractivity (Wildman–Crippen MR) is 132 cm³/mol. The highest BCUT2D eigenvalue weighted by atomic mass is 16.5. The van der Waals surface area contributed by atoms with E-state index in [2.05, 4.69) is 28.2 Å². The number of ether oxygens (including phenoxy) is 2. The van der Waals surface area contributed by atoms with E-state index in [1.807, 2.05) is 23.1 Å². The first-order chi connectivity index (χ1) is 17.6. The fourth-order valence-corrected chi connectivity index (χ4v) is 7.69. The number of hydrogen-bond acceptors (Lipinski definition) is 5. The van der Waals surface area contributed by atoms with Crippen LogP contribution >= 0.6 is 0 Å². The summed E-state index contributed by atoms with van der Waals surface area (Å²) >= 11 is 0. The molecule has 2 bridgehead atoms. The van der Waals surface area contributed by atoms with Crippen LogP contribution in [0.4, 0.5) is 0 Å². The average Bonchev–Trinajstić information content (AvgIpc) is 3.44. The SMILES string of the molecule is COc1ccc2c3c1O[C@H]1c4[nH]c5ccccc5c4C[C@@]4(O)[C@@H](C2)N(C(=O)c2cccnc2)CC[C@]314. The van der Waals surface area contributed by atoms with Gasteiger partial charge in [0.05, 0.1) is 29.8 Å². The van der Waals surface area contributed by atoms with E-state index in [4.69, 9.17) is 9.47 Å². The minimum absolute atomic E-state index is 0.0891. The van der Waals surface area contributed by atoms with Gasteiger partial charge in [-0.2, -0.15) is 0 Å². The maximum Gasteiger partial charge on any atom is 0.255 e. The minimum Gasteiger partial charge on any atom is -0.493 e. The molecule has 8 rings (SSSR count). The van der Waals surface area contributed by atoms with Crippen molar-refractivity contribution in [3.8, 4) is 11.5 Å². The molecule has 0 radical (unpaired) electrons. The first kappa shape index (κ1) is 20.4. The van der Waals surface area contributed by atoms with Gasteiger partial charge in [-0.1, -0.05) is 24.3 Å². The van der Waals surface area contributed by atoms with E-state index in [1.165, 1.54) is 0 Å². The molecule has 4 atom stereocenters. The number of aliphatic hydroxyl groups is 1. The third-order valence-electron chi connectivity index (χ3n) is 9.14. The van der Waals surface area contributed by atoms with Gasteiger partial charge in [0.25, 0.3) is 5.91 Å². The molecule has 180 valence electrons. The number of fused-ring (bicyclic) bond motifs is 4. The number of pyridine rings is 1. The Balaban J connectivity index is 1.39. The van der Waals surface area contributed by atoms with Crippen LogP contribution in [0.15, 0.2) is 60.9 Å². The Morgan fingerprint density at radius 1 is 1.22 bits per heavy atom. The van der Waals surface area contributed by atoms with Crippen LogP contribution in [0.25, 0.3) is 10.9 Å². The highest BCUT2D eigenvalue weighted by Gasteiger charge is 2.73. The molecule has 2 aromatic heterocycles. The van der Waals surface area contributed by atoms with Gasteiger partial charge in [0, 0.05) is 41.8 Å². The second-order valence-corrected chi connectivity index (χ2v) is 10.5. The predicted octanol–water partition coefficient (Wildman–Crippen LogP) is 3.70. The zero-order valence-electron chi connectivity index (χ0n) is 19.8. The van der Waals surface area contributed by atoms with Crippen LogP contribution in [-0.2, 0) is 18.3 Å². The zero-order chi connectivity index (χ0) is 24.2. The summed E-state index contributed by atoms with van der Waals surface area (Å²) in [4.78, 5) is 23.4. The van der Waals surface area contributed by atoms with Gasteiger partial charge in [-0.05, 0) is 48.2 Å². The van der Waals surface area contributed by atoms with E-state index in [0.29, 0.717) is 37.1 Å². The van der Waals surface area contributed by atoms with Crippen molar-refractivity contribution < 1.29 is 19.4 Å². The summed E-state index contributed by atoms with van der Waals surface area (Å²) < 4.78 is 12.5. The van der Waals surface area contributed by atoms with Crippen molar-refractivity contribution in [2.75, 3.05) is 13.7 Å². The Morgan fingerprint density at radius 2 is 2.11 bits per heavy atom. The minimum atomic E-state index is -1.20. The Kier molecular flexibility index (Phi) is 3.78. The monoisotopic (exact) mass is 479 g/mol. The van der Waals surface area contributed by atoms with Gasteiger partial charge in [-0.3, -0.25) is 9.78 Å². The Bertz CT molecular complexity index is 1580. The van der Waals surface area contributed by atoms with Crippen LogP contribution in [0.3, 0.4) is 0 Å². The lowest BCUT2D eigenvalue weighted by Crippen LogP contribution is -2.75. The second kappa shape index (κ2) is 6.68. The van der Waals surface area contributed by atoms with Gasteiger partial charge in [-0.25, -0.2) is 0 Å². The largest absolute Gasteiger partial charge is 0.493 e. The molecule has 4 heterocycles. The number of aromatic amines is 1. The molecular formula is C29H25N3O4. The van der Waals surface area contributed by atoms with Gasteiger partial charge in [0.1, 0.15) is 5.60 Å². The molecule has 7 nitrogen and oxygen atoms in total. The number of aromatic nitrogens is 2. The maximum absolute atomic E-state index is 13.7. The summed E-state index contributed by atoms with van der Waals surface area (Å²) in [6.07, 6.45) is 4.49. The smallest absolute Gasteiger partial charge is 0.255 e. The number of amides is 1. The highest BCUT2D eigenvalue weighted by molar-refractivity contribution is 5.94. The first-order valence-corrected chi connectivity index (χ1v) is 12.5. The molecule has 1 saturated heterocycles. The van der Waals surface area contributed by atoms with E-state index in [9.17, 15) is 9.90 Å². The summed E-state index contributed by atoms with van der Waals surface area (Å²) in [5.41, 5.74) is 3.98. The molecule has 0 unspecified atom stereocenters. The Hall–Kier alpha value is -3.84. The number of hydrogen-bond donors (Lipinski definition) is 2. The number of carbonyl (C=O) groups is 1. The fourth-order valence-electron chi connectivity index (χ4n) is 7.69. The van der Waals surface area contributed by atoms with Crippen LogP contribution in [0.5, 0.6) is 11.5 Å². The molecule has 4 aliphatic rings. The number of H-pyrrole nitrogens is 1. The number of likely N-dealkylation sites (tertiary alicyclic amines) is 1. The molecule has 1 spiro atoms. The quantitative estimate of drug-likeness (QED) is 0.458. The average molecular weight is 480 g/mol. The van der Waals surface area contributed by atoms with Gasteiger partial charge < -0.3 is 24.5 Å². The lowest BCUT2D eigenvalue weighted by atomic mass is 9.49. The molecule has 36 heavy (non-hydrogen) atoms. The number of carbonyl (C=O) groups excluding carboxylic acids is 1. The van der Waals surface area contributed by atoms with Crippen LogP contribution in [0.2, 0.25) is 0 Å². The number of benzene rings is 2. The third-order valence-corrected chi connectivity index (χ3v) is 9.14. The molecule has 2 aromatic carbocycles. The number of rotatable bonds is 2. The van der Waals surface area contributed by atoms with Crippen LogP contribution in [0.1, 0.15) is 45.3 Å². The van der Waals surface area contributed by atoms with Gasteiger partial charge in [0.15, 0.2) is 17.6 Å². The van der Waals surface area contributed by atoms with Gasteiger partial charge >= 0.3 is 0 Å². The molecule has 2 aliphatic carbocycles. The number of piperidine rings is 1. The fraction of sp³-hybridized carbons (Fsp3) is 0.310. The van der Waals surface area contributed by atoms with Crippen molar-refractivity contribution in [1.82, 2.24) is 14.9 Å². The van der Waals surface area contributed by atoms with Crippen molar-refractivity contribution in [1.29, 1.82) is 0 Å². The number of nitrogens with one attached hydrogen (secondary N) is 1. The summed E-state index contributed by atoms with van der Waals surface area (Å²) in [5.74, 6) is 1.33. The molecule has 7 heteroatoms. The lowest BCUT2D eigenvalue weighted by Gasteiger charge is -2.62. The number of para-hydroxylation sites is 1. The van der Waals surface area contributed by atoms with E-state index in [1.54, 1.807) is 31.6 Å². The maximum atomic E-state index is 13.7. The molecule has 1 amide bonds. The van der Waals surface area contributed by atoms with Crippen molar-refractivity contribution in [3.63, 3.8) is 0 Å². The Morgan fingerprint density at radius 3 is 2.94 bits per heavy atom. The molecule has 4 aromatic rings. The van der Waals surface area contributed by atoms with Crippen molar-refractivity contribution in [2.24, 2.45) is 0 Å². The van der Waals surface area contributed by atoms with Gasteiger partial charge in [0.2, 0.25) is 0 Å². The molecule has 0 saturated carbocycles. The molecule has 2 N–H and O–H groups in total. The van der Waals surface area contributed by atoms with E-state index in [0.717, 1.165) is 39.0 Å². The zero-order valence-corrected chi connectivity index (χ0v) is 19.8. The normalized spacial score (nSPS) is 28.9. The molecular weight excluding hydrogens is 454 g/mol. The topological polar surface area (TPSA) is 87.7 Å². The third kappa shape index (κ3) is 2.19. The van der Waals surface area contributed by atoms with Crippen LogP contribution in [-0.4, -0.2) is 51.2 Å². The summed E-state index contributed by atoms with van der Waals surface area (Å²) in [6, 6.07) is 15.4. The summed E-state index contributed by atoms with van der Waals surface area (Å²) in [7, 11) is 1.66. The van der Waals surface area contributed by atoms with Crippen molar-refractivity contribution in [3.05, 3.63) is 88.9 Å². The molecule has 2 aliphatic heterocycles. The number of methoxy groups -OCH3 is 1. The standard InChI is InChI=1S/C29H25N3O4/c1-35-21-9-8-16-13-22-29(34)14-19-18-6-2-3-7-20(18)31-24(19)26-28(29,23(16)25(21)36-26)10-12-32(22)27(33)17-5-4-11-30-15-17/h2-9,11,15,22,26,31,34H,10,12-14H2,1H3/t22-,26+,28+,29-/m1/s1. The van der Waals surface area contributed by atoms with E-state index >= 15 is 0 Å². The highest BCUT2D eigenvalue weighted by Crippen LogP contribution is 2.69. The van der Waals surface area contributed by atoms with E-state index in [-0.39, 0.29) is 12.0 Å². The lowest BCUT2D eigenvalue weighted by molar-refractivity contribution is -0.162. The molecule has 1 fully saturated rings. The summed E-state index contributed by atoms with van der Waals surface area (Å²) in [6.45, 7) is 0.534. The Labute approximate surface area is 207 Å². The van der Waals surface area contributed by atoms with Crippen LogP contribution in [0, 0.1) is 0 Å². The van der Waals surface area contributed by atoms with Crippen LogP contribution < -0.4 is 9.47 Å². The van der Waals surface area contributed by atoms with Crippen molar-refractivity contribution in [2.45, 2.75) is 42.4 Å². The number of nitrogens with zero attached hydrogens (tertiary/aromatic N) is 2. The second-order valence-electron chi connectivity index (χ2n) is 10.5. The van der Waals surface area contributed by atoms with Gasteiger partial charge in [-0.15, -0.1) is 0 Å². The first-order valence-electron chi connectivity index (χ1n) is 12.5.